The van der Waals surface area contributed by atoms with E-state index < -0.39 is 29.6 Å². The standard InChI is InChI=1S/C22H20FN3O4/c1-13(27)25-19(10-14-6-8-16(23)9-7-14)21(28)26-20(22(29)30)11-15-12-24-18-5-3-2-4-17(15)18/h2-10,12,20,24H,11H2,1H3,(H,25,27)(H,26,28)(H,29,30)/p-1/b19-10-/t20-/m1/s1. The van der Waals surface area contributed by atoms with Crippen LogP contribution in [0.2, 0.25) is 0 Å². The summed E-state index contributed by atoms with van der Waals surface area (Å²) in [5.41, 5.74) is 1.82. The van der Waals surface area contributed by atoms with Crippen molar-refractivity contribution in [2.24, 2.45) is 0 Å². The maximum absolute atomic E-state index is 13.1. The Balaban J connectivity index is 1.83. The molecule has 30 heavy (non-hydrogen) atoms. The molecular weight excluding hydrogens is 389 g/mol. The van der Waals surface area contributed by atoms with Gasteiger partial charge in [0, 0.05) is 30.4 Å². The molecule has 1 atom stereocenters. The Kier molecular flexibility index (Phi) is 6.26. The molecule has 0 saturated heterocycles. The molecule has 0 saturated carbocycles. The molecule has 0 spiro atoms. The molecule has 0 aliphatic rings. The molecule has 0 radical (unpaired) electrons. The maximum atomic E-state index is 13.1. The third-order valence-electron chi connectivity index (χ3n) is 4.43. The smallest absolute Gasteiger partial charge is 0.268 e. The van der Waals surface area contributed by atoms with Crippen LogP contribution in [0.1, 0.15) is 18.1 Å². The van der Waals surface area contributed by atoms with Gasteiger partial charge in [-0.3, -0.25) is 9.59 Å². The lowest BCUT2D eigenvalue weighted by Crippen LogP contribution is -2.50. The topological polar surface area (TPSA) is 114 Å². The van der Waals surface area contributed by atoms with E-state index in [2.05, 4.69) is 15.6 Å². The maximum Gasteiger partial charge on any atom is 0.268 e. The number of H-pyrrole nitrogens is 1. The molecule has 3 rings (SSSR count). The zero-order valence-electron chi connectivity index (χ0n) is 16.1. The van der Waals surface area contributed by atoms with Gasteiger partial charge in [0.05, 0.1) is 12.0 Å². The number of carbonyl (C=O) groups is 3. The van der Waals surface area contributed by atoms with Crippen LogP contribution < -0.4 is 15.7 Å². The first-order chi connectivity index (χ1) is 14.3. The van der Waals surface area contributed by atoms with Crippen molar-refractivity contribution in [3.63, 3.8) is 0 Å². The van der Waals surface area contributed by atoms with Crippen molar-refractivity contribution in [2.45, 2.75) is 19.4 Å². The van der Waals surface area contributed by atoms with Crippen LogP contribution in [0.5, 0.6) is 0 Å². The highest BCUT2D eigenvalue weighted by molar-refractivity contribution is 6.02. The van der Waals surface area contributed by atoms with E-state index in [1.54, 1.807) is 6.20 Å². The summed E-state index contributed by atoms with van der Waals surface area (Å²) in [6.45, 7) is 1.22. The minimum Gasteiger partial charge on any atom is -0.548 e. The van der Waals surface area contributed by atoms with Crippen LogP contribution in [0.15, 0.2) is 60.4 Å². The number of carbonyl (C=O) groups excluding carboxylic acids is 3. The molecule has 2 aromatic carbocycles. The number of carboxylic acids is 1. The number of fused-ring (bicyclic) bond motifs is 1. The van der Waals surface area contributed by atoms with E-state index in [4.69, 9.17) is 0 Å². The van der Waals surface area contributed by atoms with Gasteiger partial charge in [0.1, 0.15) is 11.5 Å². The largest absolute Gasteiger partial charge is 0.548 e. The second-order valence-electron chi connectivity index (χ2n) is 6.70. The molecule has 3 aromatic rings. The summed E-state index contributed by atoms with van der Waals surface area (Å²) in [6.07, 6.45) is 2.99. The number of halogens is 1. The van der Waals surface area contributed by atoms with Gasteiger partial charge in [-0.25, -0.2) is 4.39 Å². The molecule has 1 heterocycles. The van der Waals surface area contributed by atoms with E-state index in [1.807, 2.05) is 24.3 Å². The first kappa shape index (κ1) is 20.8. The van der Waals surface area contributed by atoms with Crippen LogP contribution in [0.25, 0.3) is 17.0 Å². The minimum atomic E-state index is -1.46. The number of para-hydroxylation sites is 1. The quantitative estimate of drug-likeness (QED) is 0.511. The molecular formula is C22H19FN3O4-. The zero-order valence-corrected chi connectivity index (χ0v) is 16.1. The lowest BCUT2D eigenvalue weighted by atomic mass is 10.0. The predicted molar refractivity (Wildman–Crippen MR) is 107 cm³/mol. The number of aromatic nitrogens is 1. The number of carboxylic acid groups (broad SMARTS) is 1. The van der Waals surface area contributed by atoms with Crippen LogP contribution in [0.3, 0.4) is 0 Å². The first-order valence-corrected chi connectivity index (χ1v) is 9.15. The molecule has 7 nitrogen and oxygen atoms in total. The Labute approximate surface area is 171 Å². The van der Waals surface area contributed by atoms with Gasteiger partial charge in [-0.05, 0) is 35.4 Å². The van der Waals surface area contributed by atoms with Crippen molar-refractivity contribution >= 4 is 34.8 Å². The summed E-state index contributed by atoms with van der Waals surface area (Å²) in [5, 5.41) is 17.2. The molecule has 154 valence electrons. The molecule has 0 aliphatic carbocycles. The van der Waals surface area contributed by atoms with Crippen molar-refractivity contribution in [3.05, 3.63) is 77.4 Å². The Bertz CT molecular complexity index is 1120. The highest BCUT2D eigenvalue weighted by Crippen LogP contribution is 2.19. The van der Waals surface area contributed by atoms with E-state index in [1.165, 1.54) is 37.3 Å². The molecule has 1 aromatic heterocycles. The summed E-state index contributed by atoms with van der Waals surface area (Å²) in [7, 11) is 0. The lowest BCUT2D eigenvalue weighted by Gasteiger charge is -2.20. The second-order valence-corrected chi connectivity index (χ2v) is 6.70. The number of aliphatic carboxylic acids is 1. The number of amides is 2. The van der Waals surface area contributed by atoms with E-state index in [-0.39, 0.29) is 12.1 Å². The van der Waals surface area contributed by atoms with Crippen molar-refractivity contribution in [2.75, 3.05) is 0 Å². The lowest BCUT2D eigenvalue weighted by molar-refractivity contribution is -0.308. The molecule has 0 bridgehead atoms. The van der Waals surface area contributed by atoms with Gasteiger partial charge in [-0.2, -0.15) is 0 Å². The molecule has 0 fully saturated rings. The summed E-state index contributed by atoms with van der Waals surface area (Å²) < 4.78 is 13.1. The van der Waals surface area contributed by atoms with Gasteiger partial charge < -0.3 is 25.5 Å². The normalized spacial score (nSPS) is 12.4. The molecule has 0 aliphatic heterocycles. The Morgan fingerprint density at radius 3 is 2.50 bits per heavy atom. The number of hydrogen-bond acceptors (Lipinski definition) is 4. The fraction of sp³-hybridized carbons (Fsp3) is 0.136. The Morgan fingerprint density at radius 1 is 1.13 bits per heavy atom. The number of hydrogen-bond donors (Lipinski definition) is 3. The second kappa shape index (κ2) is 9.04. The minimum absolute atomic E-state index is 0.0119. The average molecular weight is 408 g/mol. The van der Waals surface area contributed by atoms with Gasteiger partial charge in [0.25, 0.3) is 5.91 Å². The van der Waals surface area contributed by atoms with Crippen molar-refractivity contribution in [3.8, 4) is 0 Å². The van der Waals surface area contributed by atoms with Crippen molar-refractivity contribution in [1.29, 1.82) is 0 Å². The fourth-order valence-electron chi connectivity index (χ4n) is 3.02. The predicted octanol–water partition coefficient (Wildman–Crippen LogP) is 1.26. The van der Waals surface area contributed by atoms with Crippen LogP contribution in [-0.2, 0) is 20.8 Å². The van der Waals surface area contributed by atoms with E-state index >= 15 is 0 Å². The zero-order chi connectivity index (χ0) is 21.7. The molecule has 0 unspecified atom stereocenters. The number of aromatic amines is 1. The van der Waals surface area contributed by atoms with Gasteiger partial charge in [0.2, 0.25) is 5.91 Å². The SMILES string of the molecule is CC(=O)N/C(=C\c1ccc(F)cc1)C(=O)N[C@H](Cc1c[nH]c2ccccc12)C(=O)[O-]. The monoisotopic (exact) mass is 408 g/mol. The average Bonchev–Trinajstić information content (AvgIpc) is 3.11. The fourth-order valence-corrected chi connectivity index (χ4v) is 3.02. The summed E-state index contributed by atoms with van der Waals surface area (Å²) >= 11 is 0. The Morgan fingerprint density at radius 2 is 1.83 bits per heavy atom. The van der Waals surface area contributed by atoms with E-state index in [9.17, 15) is 23.9 Å². The highest BCUT2D eigenvalue weighted by Gasteiger charge is 2.19. The van der Waals surface area contributed by atoms with E-state index in [0.29, 0.717) is 11.1 Å². The van der Waals surface area contributed by atoms with Crippen LogP contribution in [-0.4, -0.2) is 28.8 Å². The Hall–Kier alpha value is -3.94. The van der Waals surface area contributed by atoms with Crippen molar-refractivity contribution in [1.82, 2.24) is 15.6 Å². The number of nitrogens with one attached hydrogen (secondary N) is 3. The van der Waals surface area contributed by atoms with Crippen LogP contribution in [0.4, 0.5) is 4.39 Å². The third-order valence-corrected chi connectivity index (χ3v) is 4.43. The molecule has 2 amide bonds. The molecule has 8 heteroatoms. The first-order valence-electron chi connectivity index (χ1n) is 9.15. The summed E-state index contributed by atoms with van der Waals surface area (Å²) in [4.78, 5) is 38.9. The van der Waals surface area contributed by atoms with Crippen molar-refractivity contribution < 1.29 is 23.9 Å². The number of rotatable bonds is 7. The summed E-state index contributed by atoms with van der Waals surface area (Å²) in [5.74, 6) is -3.23. The highest BCUT2D eigenvalue weighted by atomic mass is 19.1. The molecule has 3 N–H and O–H groups in total. The van der Waals surface area contributed by atoms with Gasteiger partial charge in [0.15, 0.2) is 0 Å². The van der Waals surface area contributed by atoms with Gasteiger partial charge in [-0.1, -0.05) is 30.3 Å². The van der Waals surface area contributed by atoms with Gasteiger partial charge in [-0.15, -0.1) is 0 Å². The third kappa shape index (κ3) is 5.11. The van der Waals surface area contributed by atoms with Crippen LogP contribution in [0, 0.1) is 5.82 Å². The van der Waals surface area contributed by atoms with Crippen LogP contribution >= 0.6 is 0 Å². The summed E-state index contributed by atoms with van der Waals surface area (Å²) in [6, 6.07) is 11.3. The van der Waals surface area contributed by atoms with Gasteiger partial charge >= 0.3 is 0 Å². The number of benzene rings is 2. The van der Waals surface area contributed by atoms with E-state index in [0.717, 1.165) is 10.9 Å².